The average Bonchev–Trinajstić information content (AvgIpc) is 2.26. The second kappa shape index (κ2) is 4.89. The molecule has 88 valence electrons. The third kappa shape index (κ3) is 2.57. The molecular formula is C12H20N4. The minimum absolute atomic E-state index is 0.145. The molecule has 1 aliphatic carbocycles. The second-order valence-corrected chi connectivity index (χ2v) is 4.74. The number of hydrogen-bond donors (Lipinski definition) is 1. The van der Waals surface area contributed by atoms with Crippen molar-refractivity contribution in [1.82, 2.24) is 14.9 Å². The van der Waals surface area contributed by atoms with E-state index in [9.17, 15) is 0 Å². The molecule has 0 aromatic carbocycles. The van der Waals surface area contributed by atoms with Crippen molar-refractivity contribution in [3.8, 4) is 0 Å². The number of nitrogens with two attached hydrogens (primary N) is 1. The van der Waals surface area contributed by atoms with Crippen LogP contribution in [-0.2, 0) is 12.8 Å². The number of hydrogen-bond acceptors (Lipinski definition) is 4. The van der Waals surface area contributed by atoms with Gasteiger partial charge in [-0.2, -0.15) is 0 Å². The molecule has 1 unspecified atom stereocenters. The van der Waals surface area contributed by atoms with Gasteiger partial charge in [-0.15, -0.1) is 0 Å². The Kier molecular flexibility index (Phi) is 3.51. The van der Waals surface area contributed by atoms with Gasteiger partial charge in [0.2, 0.25) is 0 Å². The van der Waals surface area contributed by atoms with Gasteiger partial charge in [-0.05, 0) is 33.4 Å². The Balaban J connectivity index is 2.12. The third-order valence-electron chi connectivity index (χ3n) is 3.06. The maximum Gasteiger partial charge on any atom is 0.129 e. The average molecular weight is 220 g/mol. The van der Waals surface area contributed by atoms with Crippen LogP contribution in [0.15, 0.2) is 6.20 Å². The smallest absolute Gasteiger partial charge is 0.129 e. The normalized spacial score (nSPS) is 19.9. The molecule has 0 saturated heterocycles. The maximum absolute atomic E-state index is 6.03. The van der Waals surface area contributed by atoms with Gasteiger partial charge in [0.25, 0.3) is 0 Å². The summed E-state index contributed by atoms with van der Waals surface area (Å²) in [7, 11) is 4.13. The first-order valence-electron chi connectivity index (χ1n) is 5.92. The lowest BCUT2D eigenvalue weighted by molar-refractivity contribution is 0.408. The van der Waals surface area contributed by atoms with E-state index in [0.717, 1.165) is 43.6 Å². The molecule has 1 aromatic heterocycles. The van der Waals surface area contributed by atoms with Crippen LogP contribution < -0.4 is 5.73 Å². The van der Waals surface area contributed by atoms with E-state index in [0.29, 0.717) is 0 Å². The highest BCUT2D eigenvalue weighted by molar-refractivity contribution is 5.24. The van der Waals surface area contributed by atoms with Gasteiger partial charge in [-0.3, -0.25) is 0 Å². The van der Waals surface area contributed by atoms with Crippen LogP contribution in [0.3, 0.4) is 0 Å². The molecule has 0 aliphatic heterocycles. The molecular weight excluding hydrogens is 200 g/mol. The molecule has 4 nitrogen and oxygen atoms in total. The monoisotopic (exact) mass is 220 g/mol. The van der Waals surface area contributed by atoms with E-state index >= 15 is 0 Å². The van der Waals surface area contributed by atoms with E-state index in [1.165, 1.54) is 5.69 Å². The van der Waals surface area contributed by atoms with Crippen LogP contribution in [0.1, 0.15) is 36.0 Å². The quantitative estimate of drug-likeness (QED) is 0.823. The summed E-state index contributed by atoms with van der Waals surface area (Å²) >= 11 is 0. The highest BCUT2D eigenvalue weighted by Gasteiger charge is 2.18. The van der Waals surface area contributed by atoms with Crippen molar-refractivity contribution in [3.63, 3.8) is 0 Å². The van der Waals surface area contributed by atoms with Gasteiger partial charge in [-0.1, -0.05) is 0 Å². The van der Waals surface area contributed by atoms with Crippen molar-refractivity contribution in [2.24, 2.45) is 5.73 Å². The van der Waals surface area contributed by atoms with Gasteiger partial charge in [-0.25, -0.2) is 9.97 Å². The Morgan fingerprint density at radius 2 is 2.31 bits per heavy atom. The maximum atomic E-state index is 6.03. The van der Waals surface area contributed by atoms with Crippen molar-refractivity contribution < 1.29 is 0 Å². The molecule has 4 heteroatoms. The van der Waals surface area contributed by atoms with Crippen LogP contribution in [0.4, 0.5) is 0 Å². The van der Waals surface area contributed by atoms with Gasteiger partial charge in [0.1, 0.15) is 5.82 Å². The van der Waals surface area contributed by atoms with E-state index in [4.69, 9.17) is 5.73 Å². The third-order valence-corrected chi connectivity index (χ3v) is 3.06. The highest BCUT2D eigenvalue weighted by Crippen LogP contribution is 2.25. The van der Waals surface area contributed by atoms with Gasteiger partial charge in [0, 0.05) is 36.5 Å². The molecule has 0 bridgehead atoms. The van der Waals surface area contributed by atoms with Crippen LogP contribution in [-0.4, -0.2) is 35.5 Å². The van der Waals surface area contributed by atoms with Crippen LogP contribution in [0.25, 0.3) is 0 Å². The zero-order chi connectivity index (χ0) is 11.5. The number of fused-ring (bicyclic) bond motifs is 1. The predicted octanol–water partition coefficient (Wildman–Crippen LogP) is 0.917. The molecule has 0 radical (unpaired) electrons. The topological polar surface area (TPSA) is 55.0 Å². The summed E-state index contributed by atoms with van der Waals surface area (Å²) in [5.74, 6) is 0.946. The van der Waals surface area contributed by atoms with Crippen LogP contribution in [0.2, 0.25) is 0 Å². The number of aromatic nitrogens is 2. The molecule has 2 N–H and O–H groups in total. The lowest BCUT2D eigenvalue weighted by atomic mass is 9.93. The minimum atomic E-state index is 0.145. The van der Waals surface area contributed by atoms with E-state index in [1.54, 1.807) is 0 Å². The first kappa shape index (κ1) is 11.5. The summed E-state index contributed by atoms with van der Waals surface area (Å²) in [5, 5.41) is 0. The van der Waals surface area contributed by atoms with Crippen molar-refractivity contribution in [1.29, 1.82) is 0 Å². The molecule has 2 rings (SSSR count). The van der Waals surface area contributed by atoms with Crippen molar-refractivity contribution in [2.75, 3.05) is 20.6 Å². The Labute approximate surface area is 96.9 Å². The molecule has 1 atom stereocenters. The lowest BCUT2D eigenvalue weighted by Gasteiger charge is -2.21. The van der Waals surface area contributed by atoms with Gasteiger partial charge < -0.3 is 10.6 Å². The van der Waals surface area contributed by atoms with Crippen molar-refractivity contribution in [3.05, 3.63) is 23.3 Å². The first-order valence-corrected chi connectivity index (χ1v) is 5.92. The predicted molar refractivity (Wildman–Crippen MR) is 64.2 cm³/mol. The molecule has 1 aliphatic rings. The van der Waals surface area contributed by atoms with Crippen molar-refractivity contribution in [2.45, 2.75) is 31.7 Å². The number of nitrogens with zero attached hydrogens (tertiary/aromatic N) is 3. The molecule has 0 spiro atoms. The molecule has 1 heterocycles. The summed E-state index contributed by atoms with van der Waals surface area (Å²) in [6, 6.07) is 0.145. The van der Waals surface area contributed by atoms with Crippen molar-refractivity contribution >= 4 is 0 Å². The fraction of sp³-hybridized carbons (Fsp3) is 0.667. The Bertz CT molecular complexity index is 362. The molecule has 0 amide bonds. The lowest BCUT2D eigenvalue weighted by Crippen LogP contribution is -2.21. The van der Waals surface area contributed by atoms with Gasteiger partial charge >= 0.3 is 0 Å². The van der Waals surface area contributed by atoms with E-state index in [2.05, 4.69) is 29.0 Å². The van der Waals surface area contributed by atoms with E-state index < -0.39 is 0 Å². The van der Waals surface area contributed by atoms with Crippen LogP contribution in [0, 0.1) is 0 Å². The van der Waals surface area contributed by atoms with Crippen LogP contribution >= 0.6 is 0 Å². The number of rotatable bonds is 3. The fourth-order valence-corrected chi connectivity index (χ4v) is 2.07. The molecule has 0 fully saturated rings. The minimum Gasteiger partial charge on any atom is -0.324 e. The SMILES string of the molecule is CN(C)CCc1ncc2c(n1)CCCC2N. The second-order valence-electron chi connectivity index (χ2n) is 4.74. The van der Waals surface area contributed by atoms with Crippen LogP contribution in [0.5, 0.6) is 0 Å². The van der Waals surface area contributed by atoms with E-state index in [1.807, 2.05) is 6.20 Å². The number of aryl methyl sites for hydroxylation is 1. The largest absolute Gasteiger partial charge is 0.324 e. The molecule has 0 saturated carbocycles. The van der Waals surface area contributed by atoms with E-state index in [-0.39, 0.29) is 6.04 Å². The zero-order valence-corrected chi connectivity index (χ0v) is 10.1. The molecule has 16 heavy (non-hydrogen) atoms. The summed E-state index contributed by atoms with van der Waals surface area (Å²) < 4.78 is 0. The fourth-order valence-electron chi connectivity index (χ4n) is 2.07. The molecule has 1 aromatic rings. The zero-order valence-electron chi connectivity index (χ0n) is 10.1. The van der Waals surface area contributed by atoms with Gasteiger partial charge in [0.15, 0.2) is 0 Å². The number of likely N-dealkylation sites (N-methyl/N-ethyl adjacent to an activating group) is 1. The Morgan fingerprint density at radius 3 is 3.06 bits per heavy atom. The summed E-state index contributed by atoms with van der Waals surface area (Å²) in [6.07, 6.45) is 6.11. The standard InChI is InChI=1S/C12H20N4/c1-16(2)7-6-12-14-8-9-10(13)4-3-5-11(9)15-12/h8,10H,3-7,13H2,1-2H3. The summed E-state index contributed by atoms with van der Waals surface area (Å²) in [6.45, 7) is 0.991. The first-order chi connectivity index (χ1) is 7.66. The highest BCUT2D eigenvalue weighted by atomic mass is 15.1. The Morgan fingerprint density at radius 1 is 1.50 bits per heavy atom. The van der Waals surface area contributed by atoms with Gasteiger partial charge in [0.05, 0.1) is 0 Å². The summed E-state index contributed by atoms with van der Waals surface area (Å²) in [5.41, 5.74) is 8.35. The summed E-state index contributed by atoms with van der Waals surface area (Å²) in [4.78, 5) is 11.2. The Hall–Kier alpha value is -1.00.